The number of ether oxygens (including phenoxy) is 2. The number of nitrogens with one attached hydrogen (secondary N) is 2. The maximum Gasteiger partial charge on any atom is 0.408 e. The number of hydrogen-bond acceptors (Lipinski definition) is 6. The van der Waals surface area contributed by atoms with Gasteiger partial charge in [-0.3, -0.25) is 4.79 Å². The molecule has 0 fully saturated rings. The molecule has 3 aromatic carbocycles. The molecular formula is C30H33IN2O6. The Bertz CT molecular complexity index is 1260. The monoisotopic (exact) mass is 644 g/mol. The van der Waals surface area contributed by atoms with Gasteiger partial charge in [-0.1, -0.05) is 66.7 Å². The molecule has 0 aromatic heterocycles. The van der Waals surface area contributed by atoms with Gasteiger partial charge in [0.15, 0.2) is 0 Å². The lowest BCUT2D eigenvalue weighted by atomic mass is 10.0. The minimum Gasteiger partial charge on any atom is -0.507 e. The molecular weight excluding hydrogens is 611 g/mol. The van der Waals surface area contributed by atoms with Gasteiger partial charge in [-0.2, -0.15) is 0 Å². The van der Waals surface area contributed by atoms with E-state index in [1.54, 1.807) is 32.9 Å². The third-order valence-electron chi connectivity index (χ3n) is 5.57. The lowest BCUT2D eigenvalue weighted by molar-refractivity contribution is -0.149. The molecule has 0 bridgehead atoms. The normalized spacial score (nSPS) is 12.6. The van der Waals surface area contributed by atoms with Crippen LogP contribution < -0.4 is 10.6 Å². The summed E-state index contributed by atoms with van der Waals surface area (Å²) in [6, 6.07) is 21.4. The molecule has 0 spiro atoms. The quantitative estimate of drug-likeness (QED) is 0.214. The van der Waals surface area contributed by atoms with E-state index in [1.165, 1.54) is 6.07 Å². The van der Waals surface area contributed by atoms with E-state index in [0.29, 0.717) is 3.57 Å². The number of benzene rings is 3. The topological polar surface area (TPSA) is 114 Å². The van der Waals surface area contributed by atoms with Gasteiger partial charge in [-0.25, -0.2) is 9.59 Å². The molecule has 0 aliphatic heterocycles. The summed E-state index contributed by atoms with van der Waals surface area (Å²) in [5, 5.41) is 15.3. The van der Waals surface area contributed by atoms with Gasteiger partial charge >= 0.3 is 12.1 Å². The number of carbonyl (C=O) groups excluding carboxylic acids is 3. The number of hydrogen-bond donors (Lipinski definition) is 3. The molecule has 3 rings (SSSR count). The van der Waals surface area contributed by atoms with Gasteiger partial charge in [0.2, 0.25) is 5.91 Å². The second-order valence-corrected chi connectivity index (χ2v) is 11.2. The highest BCUT2D eigenvalue weighted by molar-refractivity contribution is 14.1. The predicted octanol–water partition coefficient (Wildman–Crippen LogP) is 4.90. The molecule has 206 valence electrons. The molecule has 0 heterocycles. The van der Waals surface area contributed by atoms with Crippen LogP contribution in [0, 0.1) is 3.57 Å². The zero-order valence-corrected chi connectivity index (χ0v) is 24.3. The SMILES string of the molecule is CC(C)(C)OC(=O)NC(Cc1ccccc1)C(=O)N[C@@H](Cc1ccc(O)c(I)c1)C(=O)OCc1ccccc1. The first-order chi connectivity index (χ1) is 18.5. The standard InChI is InChI=1S/C30H33IN2O6/c1-30(2,3)39-29(37)33-24(17-20-10-6-4-7-11-20)27(35)32-25(18-22-14-15-26(34)23(31)16-22)28(36)38-19-21-12-8-5-9-13-21/h4-16,24-25,34H,17-19H2,1-3H3,(H,32,35)(H,33,37)/t24?,25-/m0/s1. The van der Waals surface area contributed by atoms with E-state index >= 15 is 0 Å². The molecule has 8 nitrogen and oxygen atoms in total. The minimum absolute atomic E-state index is 0.0444. The van der Waals surface area contributed by atoms with Crippen LogP contribution in [0.4, 0.5) is 4.79 Å². The first-order valence-corrected chi connectivity index (χ1v) is 13.6. The van der Waals surface area contributed by atoms with E-state index in [2.05, 4.69) is 10.6 Å². The van der Waals surface area contributed by atoms with Crippen molar-refractivity contribution in [2.45, 2.75) is 57.9 Å². The number of aromatic hydroxyl groups is 1. The molecule has 2 atom stereocenters. The third-order valence-corrected chi connectivity index (χ3v) is 6.43. The van der Waals surface area contributed by atoms with Crippen LogP contribution in [-0.2, 0) is 38.5 Å². The summed E-state index contributed by atoms with van der Waals surface area (Å²) in [6.07, 6.45) is -0.426. The maximum atomic E-state index is 13.5. The van der Waals surface area contributed by atoms with Crippen LogP contribution in [0.25, 0.3) is 0 Å². The average molecular weight is 645 g/mol. The Morgan fingerprint density at radius 2 is 1.41 bits per heavy atom. The van der Waals surface area contributed by atoms with Crippen molar-refractivity contribution in [3.05, 3.63) is 99.1 Å². The van der Waals surface area contributed by atoms with E-state index in [4.69, 9.17) is 9.47 Å². The highest BCUT2D eigenvalue weighted by Gasteiger charge is 2.30. The van der Waals surface area contributed by atoms with Crippen molar-refractivity contribution in [2.75, 3.05) is 0 Å². The molecule has 0 aliphatic rings. The summed E-state index contributed by atoms with van der Waals surface area (Å²) in [5.74, 6) is -1.05. The van der Waals surface area contributed by atoms with Crippen molar-refractivity contribution in [1.82, 2.24) is 10.6 Å². The summed E-state index contributed by atoms with van der Waals surface area (Å²) >= 11 is 2.00. The fraction of sp³-hybridized carbons (Fsp3) is 0.300. The zero-order chi connectivity index (χ0) is 28.4. The number of halogens is 1. The number of phenols is 1. The molecule has 9 heteroatoms. The van der Waals surface area contributed by atoms with E-state index in [0.717, 1.165) is 16.7 Å². The van der Waals surface area contributed by atoms with Crippen molar-refractivity contribution >= 4 is 40.6 Å². The Labute approximate surface area is 242 Å². The first-order valence-electron chi connectivity index (χ1n) is 12.5. The van der Waals surface area contributed by atoms with Crippen LogP contribution in [0.3, 0.4) is 0 Å². The lowest BCUT2D eigenvalue weighted by Gasteiger charge is -2.25. The molecule has 0 saturated carbocycles. The number of alkyl carbamates (subject to hydrolysis) is 1. The minimum atomic E-state index is -1.04. The highest BCUT2D eigenvalue weighted by Crippen LogP contribution is 2.21. The number of phenolic OH excluding ortho intramolecular Hbond substituents is 1. The van der Waals surface area contributed by atoms with Gasteiger partial charge in [-0.05, 0) is 72.2 Å². The Morgan fingerprint density at radius 1 is 0.821 bits per heavy atom. The Hall–Kier alpha value is -3.60. The summed E-state index contributed by atoms with van der Waals surface area (Å²) in [6.45, 7) is 5.24. The van der Waals surface area contributed by atoms with Gasteiger partial charge < -0.3 is 25.2 Å². The van der Waals surface area contributed by atoms with Crippen molar-refractivity contribution in [2.24, 2.45) is 0 Å². The van der Waals surface area contributed by atoms with Gasteiger partial charge in [-0.15, -0.1) is 0 Å². The van der Waals surface area contributed by atoms with Crippen LogP contribution in [0.15, 0.2) is 78.9 Å². The molecule has 2 amide bonds. The van der Waals surface area contributed by atoms with E-state index in [9.17, 15) is 19.5 Å². The van der Waals surface area contributed by atoms with Gasteiger partial charge in [0, 0.05) is 12.8 Å². The van der Waals surface area contributed by atoms with Crippen LogP contribution in [0.5, 0.6) is 5.75 Å². The van der Waals surface area contributed by atoms with E-state index < -0.39 is 35.7 Å². The summed E-state index contributed by atoms with van der Waals surface area (Å²) in [4.78, 5) is 39.3. The fourth-order valence-corrected chi connectivity index (χ4v) is 4.30. The molecule has 3 N–H and O–H groups in total. The largest absolute Gasteiger partial charge is 0.507 e. The Balaban J connectivity index is 1.81. The fourth-order valence-electron chi connectivity index (χ4n) is 3.72. The number of amides is 2. The molecule has 1 unspecified atom stereocenters. The van der Waals surface area contributed by atoms with Crippen molar-refractivity contribution in [3.63, 3.8) is 0 Å². The second kappa shape index (κ2) is 14.0. The van der Waals surface area contributed by atoms with E-state index in [-0.39, 0.29) is 25.2 Å². The molecule has 3 aromatic rings. The highest BCUT2D eigenvalue weighted by atomic mass is 127. The van der Waals surface area contributed by atoms with Gasteiger partial charge in [0.1, 0.15) is 30.0 Å². The van der Waals surface area contributed by atoms with Crippen LogP contribution in [-0.4, -0.2) is 40.8 Å². The molecule has 39 heavy (non-hydrogen) atoms. The van der Waals surface area contributed by atoms with Crippen molar-refractivity contribution < 1.29 is 29.0 Å². The molecule has 0 saturated heterocycles. The average Bonchev–Trinajstić information content (AvgIpc) is 2.88. The van der Waals surface area contributed by atoms with Gasteiger partial charge in [0.25, 0.3) is 0 Å². The third kappa shape index (κ3) is 10.2. The van der Waals surface area contributed by atoms with Crippen LogP contribution in [0.2, 0.25) is 0 Å². The molecule has 0 aliphatic carbocycles. The number of esters is 1. The Kier molecular flexibility index (Phi) is 10.7. The van der Waals surface area contributed by atoms with Crippen molar-refractivity contribution in [3.8, 4) is 5.75 Å². The Morgan fingerprint density at radius 3 is 2.00 bits per heavy atom. The first kappa shape index (κ1) is 29.9. The number of rotatable bonds is 10. The van der Waals surface area contributed by atoms with Gasteiger partial charge in [0.05, 0.1) is 3.57 Å². The van der Waals surface area contributed by atoms with Crippen LogP contribution in [0.1, 0.15) is 37.5 Å². The zero-order valence-electron chi connectivity index (χ0n) is 22.1. The second-order valence-electron chi connectivity index (χ2n) is 10.0. The van der Waals surface area contributed by atoms with Crippen LogP contribution >= 0.6 is 22.6 Å². The summed E-state index contributed by atoms with van der Waals surface area (Å²) in [7, 11) is 0. The van der Waals surface area contributed by atoms with Crippen molar-refractivity contribution in [1.29, 1.82) is 0 Å². The lowest BCUT2D eigenvalue weighted by Crippen LogP contribution is -2.54. The smallest absolute Gasteiger partial charge is 0.408 e. The predicted molar refractivity (Wildman–Crippen MR) is 156 cm³/mol. The molecule has 0 radical (unpaired) electrons. The summed E-state index contributed by atoms with van der Waals surface area (Å²) in [5.41, 5.74) is 1.60. The number of carbonyl (C=O) groups is 3. The van der Waals surface area contributed by atoms with E-state index in [1.807, 2.05) is 83.3 Å². The maximum absolute atomic E-state index is 13.5. The summed E-state index contributed by atoms with van der Waals surface area (Å²) < 4.78 is 11.5.